The highest BCUT2D eigenvalue weighted by molar-refractivity contribution is 5.84. The zero-order valence-electron chi connectivity index (χ0n) is 12.7. The molecule has 0 unspecified atom stereocenters. The fourth-order valence-electron chi connectivity index (χ4n) is 1.63. The first-order valence-corrected chi connectivity index (χ1v) is 6.89. The van der Waals surface area contributed by atoms with E-state index in [4.69, 9.17) is 15.3 Å². The summed E-state index contributed by atoms with van der Waals surface area (Å²) in [6, 6.07) is 14.1. The van der Waals surface area contributed by atoms with Crippen molar-refractivity contribution < 1.29 is 20.5 Å². The molecule has 132 valence electrons. The van der Waals surface area contributed by atoms with Crippen LogP contribution in [-0.4, -0.2) is 63.4 Å². The molecule has 0 aliphatic rings. The molecule has 0 fully saturated rings. The van der Waals surface area contributed by atoms with Gasteiger partial charge in [-0.1, -0.05) is 24.3 Å². The summed E-state index contributed by atoms with van der Waals surface area (Å²) in [5.41, 5.74) is 1.38. The van der Waals surface area contributed by atoms with Gasteiger partial charge in [-0.3, -0.25) is 9.98 Å². The van der Waals surface area contributed by atoms with Crippen LogP contribution in [0.2, 0.25) is 0 Å². The molecule has 2 rings (SSSR count). The van der Waals surface area contributed by atoms with Crippen LogP contribution in [0, 0.1) is 10.1 Å². The van der Waals surface area contributed by atoms with Crippen LogP contribution in [-0.2, 0) is 0 Å². The minimum absolute atomic E-state index is 0. The van der Waals surface area contributed by atoms with Gasteiger partial charge >= 0.3 is 0 Å². The molecule has 0 bridgehead atoms. The second-order valence-electron chi connectivity index (χ2n) is 4.43. The second kappa shape index (κ2) is 12.5. The molecular formula is C16H20AlN3O5. The summed E-state index contributed by atoms with van der Waals surface area (Å²) < 4.78 is 0. The van der Waals surface area contributed by atoms with Crippen LogP contribution in [0.5, 0.6) is 11.5 Å². The van der Waals surface area contributed by atoms with Crippen LogP contribution in [0.1, 0.15) is 11.1 Å². The molecule has 0 spiro atoms. The summed E-state index contributed by atoms with van der Waals surface area (Å²) in [5, 5.41) is 32.7. The number of phenolic OH excluding ortho intramolecular Hbond substituents is 2. The van der Waals surface area contributed by atoms with Crippen molar-refractivity contribution in [1.29, 1.82) is 0 Å². The Morgan fingerprint density at radius 3 is 1.52 bits per heavy atom. The van der Waals surface area contributed by atoms with Crippen molar-refractivity contribution in [3.63, 3.8) is 0 Å². The molecule has 2 aromatic rings. The molecule has 3 N–H and O–H groups in total. The third-order valence-corrected chi connectivity index (χ3v) is 2.69. The minimum atomic E-state index is -1.50. The molecule has 2 aromatic carbocycles. The molecule has 25 heavy (non-hydrogen) atoms. The number of para-hydroxylation sites is 2. The smallest absolute Gasteiger partial charge is 0.291 e. The molecule has 0 saturated heterocycles. The fourth-order valence-corrected chi connectivity index (χ4v) is 1.63. The van der Waals surface area contributed by atoms with Gasteiger partial charge in [0.2, 0.25) is 0 Å². The van der Waals surface area contributed by atoms with Crippen molar-refractivity contribution in [2.75, 3.05) is 13.1 Å². The number of rotatable bonds is 5. The normalized spacial score (nSPS) is 10.1. The summed E-state index contributed by atoms with van der Waals surface area (Å²) >= 11 is 0. The van der Waals surface area contributed by atoms with Crippen molar-refractivity contribution in [3.8, 4) is 11.5 Å². The van der Waals surface area contributed by atoms with Crippen LogP contribution in [0.25, 0.3) is 0 Å². The molecule has 0 radical (unpaired) electrons. The number of aromatic hydroxyl groups is 2. The Labute approximate surface area is 155 Å². The van der Waals surface area contributed by atoms with Crippen LogP contribution in [0.4, 0.5) is 0 Å². The summed E-state index contributed by atoms with van der Waals surface area (Å²) in [6.07, 6.45) is 3.26. The molecule has 0 heterocycles. The third kappa shape index (κ3) is 9.76. The molecule has 8 nitrogen and oxygen atoms in total. The van der Waals surface area contributed by atoms with Gasteiger partial charge < -0.3 is 15.4 Å². The zero-order valence-corrected chi connectivity index (χ0v) is 12.7. The predicted octanol–water partition coefficient (Wildman–Crippen LogP) is 1.10. The lowest BCUT2D eigenvalue weighted by Crippen LogP contribution is -1.91. The molecule has 0 aliphatic carbocycles. The maximum Gasteiger partial charge on any atom is 0.291 e. The maximum atomic E-state index is 9.54. The molecule has 0 aromatic heterocycles. The van der Waals surface area contributed by atoms with Gasteiger partial charge in [-0.05, 0) is 24.3 Å². The number of phenols is 2. The summed E-state index contributed by atoms with van der Waals surface area (Å²) in [5.74, 6) is 0.433. The largest absolute Gasteiger partial charge is 0.507 e. The average Bonchev–Trinajstić information content (AvgIpc) is 2.53. The van der Waals surface area contributed by atoms with E-state index in [0.29, 0.717) is 24.2 Å². The van der Waals surface area contributed by atoms with Crippen molar-refractivity contribution >= 4 is 29.8 Å². The Kier molecular flexibility index (Phi) is 11.1. The number of aliphatic imine (C=N–C) groups is 2. The number of nitrogens with zero attached hydrogens (tertiary/aromatic N) is 3. The number of hydrogen-bond donors (Lipinski definition) is 3. The highest BCUT2D eigenvalue weighted by Crippen LogP contribution is 2.13. The van der Waals surface area contributed by atoms with Crippen LogP contribution in [0.15, 0.2) is 58.5 Å². The maximum absolute atomic E-state index is 9.54. The van der Waals surface area contributed by atoms with E-state index in [-0.39, 0.29) is 28.9 Å². The SMILES string of the molecule is O=[N+]([O-])O.Oc1ccccc1/C=N/CC/N=C/c1ccccc1O.[AlH3]. The molecule has 0 saturated carbocycles. The predicted molar refractivity (Wildman–Crippen MR) is 99.9 cm³/mol. The highest BCUT2D eigenvalue weighted by atomic mass is 27.0. The lowest BCUT2D eigenvalue weighted by atomic mass is 10.2. The van der Waals surface area contributed by atoms with Gasteiger partial charge in [0.15, 0.2) is 17.4 Å². The van der Waals surface area contributed by atoms with Gasteiger partial charge in [0, 0.05) is 23.6 Å². The first-order valence-electron chi connectivity index (χ1n) is 6.89. The lowest BCUT2D eigenvalue weighted by molar-refractivity contribution is -0.742. The van der Waals surface area contributed by atoms with Gasteiger partial charge in [-0.25, -0.2) is 0 Å². The van der Waals surface area contributed by atoms with E-state index in [1.165, 1.54) is 0 Å². The molecule has 0 atom stereocenters. The van der Waals surface area contributed by atoms with Crippen molar-refractivity contribution in [2.45, 2.75) is 0 Å². The van der Waals surface area contributed by atoms with Gasteiger partial charge in [0.05, 0.1) is 13.1 Å². The Hall–Kier alpha value is -2.89. The molecule has 0 amide bonds. The van der Waals surface area contributed by atoms with Crippen LogP contribution < -0.4 is 0 Å². The van der Waals surface area contributed by atoms with Gasteiger partial charge in [-0.15, -0.1) is 10.1 Å². The highest BCUT2D eigenvalue weighted by Gasteiger charge is 1.95. The lowest BCUT2D eigenvalue weighted by Gasteiger charge is -1.97. The van der Waals surface area contributed by atoms with Gasteiger partial charge in [-0.2, -0.15) is 0 Å². The van der Waals surface area contributed by atoms with E-state index in [1.54, 1.807) is 48.8 Å². The Morgan fingerprint density at radius 2 is 1.20 bits per heavy atom. The van der Waals surface area contributed by atoms with E-state index < -0.39 is 5.09 Å². The van der Waals surface area contributed by atoms with E-state index in [9.17, 15) is 10.2 Å². The van der Waals surface area contributed by atoms with Crippen molar-refractivity contribution in [3.05, 3.63) is 69.8 Å². The van der Waals surface area contributed by atoms with E-state index >= 15 is 0 Å². The first-order chi connectivity index (χ1) is 11.5. The van der Waals surface area contributed by atoms with E-state index in [2.05, 4.69) is 9.98 Å². The average molecular weight is 361 g/mol. The quantitative estimate of drug-likeness (QED) is 0.241. The zero-order chi connectivity index (χ0) is 17.8. The molecule has 0 aliphatic heterocycles. The molecule has 9 heteroatoms. The van der Waals surface area contributed by atoms with E-state index in [1.807, 2.05) is 12.1 Å². The monoisotopic (exact) mass is 361 g/mol. The summed E-state index contributed by atoms with van der Waals surface area (Å²) in [7, 11) is 0. The topological polar surface area (TPSA) is 129 Å². The fraction of sp³-hybridized carbons (Fsp3) is 0.125. The van der Waals surface area contributed by atoms with E-state index in [0.717, 1.165) is 0 Å². The number of benzene rings is 2. The van der Waals surface area contributed by atoms with Crippen LogP contribution >= 0.6 is 0 Å². The second-order valence-corrected chi connectivity index (χ2v) is 4.43. The van der Waals surface area contributed by atoms with Crippen molar-refractivity contribution in [1.82, 2.24) is 0 Å². The Bertz CT molecular complexity index is 663. The van der Waals surface area contributed by atoms with Gasteiger partial charge in [0.25, 0.3) is 5.09 Å². The van der Waals surface area contributed by atoms with Crippen LogP contribution in [0.3, 0.4) is 0 Å². The first kappa shape index (κ1) is 22.1. The standard InChI is InChI=1S/C16H16N2O2.Al.HNO3.3H/c19-15-7-3-1-5-13(15)11-17-9-10-18-12-14-6-2-4-8-16(14)20;;2-1(3)4;;;/h1-8,11-12,19-20H,9-10H2;;(H,2,3,4);;;/b17-11+,18-12+;;;;;. The van der Waals surface area contributed by atoms with Crippen molar-refractivity contribution in [2.24, 2.45) is 9.98 Å². The number of hydrogen-bond acceptors (Lipinski definition) is 6. The minimum Gasteiger partial charge on any atom is -0.507 e. The summed E-state index contributed by atoms with van der Waals surface area (Å²) in [6.45, 7) is 1.05. The summed E-state index contributed by atoms with van der Waals surface area (Å²) in [4.78, 5) is 16.8. The Morgan fingerprint density at radius 1 is 0.880 bits per heavy atom. The third-order valence-electron chi connectivity index (χ3n) is 2.69. The van der Waals surface area contributed by atoms with Gasteiger partial charge in [0.1, 0.15) is 11.5 Å². The Balaban J connectivity index is 0.00000104. The molecular weight excluding hydrogens is 341 g/mol.